The molecule has 0 unspecified atom stereocenters. The van der Waals surface area contributed by atoms with Crippen LogP contribution in [0.2, 0.25) is 0 Å². The van der Waals surface area contributed by atoms with Crippen LogP contribution in [0.3, 0.4) is 0 Å². The van der Waals surface area contributed by atoms with Crippen molar-refractivity contribution in [3.05, 3.63) is 48.3 Å². The molecule has 1 aromatic carbocycles. The third kappa shape index (κ3) is 4.35. The molecule has 0 heterocycles. The van der Waals surface area contributed by atoms with E-state index in [2.05, 4.69) is 0 Å². The van der Waals surface area contributed by atoms with Gasteiger partial charge in [-0.05, 0) is 12.0 Å². The number of allylic oxidation sites excluding steroid dienone is 1. The monoisotopic (exact) mass is 159 g/mol. The van der Waals surface area contributed by atoms with E-state index in [-0.39, 0.29) is 29.6 Å². The van der Waals surface area contributed by atoms with E-state index in [1.165, 1.54) is 6.08 Å². The maximum Gasteiger partial charge on any atom is 0.0830 e. The van der Waals surface area contributed by atoms with Gasteiger partial charge in [0.1, 0.15) is 0 Å². The molecular weight excluding hydrogens is 150 g/mol. The molecule has 0 saturated carbocycles. The second-order valence-corrected chi connectivity index (χ2v) is 2.05. The van der Waals surface area contributed by atoms with Crippen LogP contribution in [-0.4, -0.2) is 29.6 Å². The van der Waals surface area contributed by atoms with E-state index in [0.29, 0.717) is 12.8 Å². The smallest absolute Gasteiger partial charge is 0.0830 e. The van der Waals surface area contributed by atoms with E-state index >= 15 is 0 Å². The van der Waals surface area contributed by atoms with E-state index in [4.69, 9.17) is 0 Å². The minimum atomic E-state index is 0. The first kappa shape index (κ1) is 10.9. The van der Waals surface area contributed by atoms with Crippen molar-refractivity contribution in [2.75, 3.05) is 0 Å². The Morgan fingerprint density at radius 2 is 1.82 bits per heavy atom. The van der Waals surface area contributed by atoms with Gasteiger partial charge in [0.25, 0.3) is 0 Å². The van der Waals surface area contributed by atoms with Crippen molar-refractivity contribution in [3.63, 3.8) is 0 Å². The Kier molecular flexibility index (Phi) is 6.52. The van der Waals surface area contributed by atoms with Gasteiger partial charge in [-0.15, -0.1) is 0 Å². The molecule has 1 rings (SSSR count). The molecule has 0 aliphatic heterocycles. The van der Waals surface area contributed by atoms with E-state index in [0.717, 1.165) is 5.56 Å². The molecular formula is C9H9FNa. The quantitative estimate of drug-likeness (QED) is 0.581. The summed E-state index contributed by atoms with van der Waals surface area (Å²) in [7, 11) is 0. The van der Waals surface area contributed by atoms with Crippen molar-refractivity contribution in [2.45, 2.75) is 6.42 Å². The summed E-state index contributed by atoms with van der Waals surface area (Å²) < 4.78 is 11.5. The molecule has 0 N–H and O–H groups in total. The fraction of sp³-hybridized carbons (Fsp3) is 0.111. The van der Waals surface area contributed by atoms with Crippen LogP contribution in [0.25, 0.3) is 0 Å². The predicted octanol–water partition coefficient (Wildman–Crippen LogP) is 2.33. The van der Waals surface area contributed by atoms with Crippen molar-refractivity contribution in [1.29, 1.82) is 0 Å². The number of hydrogen-bond donors (Lipinski definition) is 0. The van der Waals surface area contributed by atoms with Crippen molar-refractivity contribution in [1.82, 2.24) is 0 Å². The van der Waals surface area contributed by atoms with Crippen LogP contribution in [0.4, 0.5) is 4.39 Å². The van der Waals surface area contributed by atoms with Gasteiger partial charge >= 0.3 is 0 Å². The first-order valence-electron chi connectivity index (χ1n) is 3.22. The van der Waals surface area contributed by atoms with Gasteiger partial charge in [-0.1, -0.05) is 36.4 Å². The van der Waals surface area contributed by atoms with Crippen LogP contribution >= 0.6 is 0 Å². The first-order valence-corrected chi connectivity index (χ1v) is 3.22. The summed E-state index contributed by atoms with van der Waals surface area (Å²) in [5.41, 5.74) is 1.14. The third-order valence-electron chi connectivity index (χ3n) is 1.29. The summed E-state index contributed by atoms with van der Waals surface area (Å²) in [5.74, 6) is 0. The maximum absolute atomic E-state index is 11.5. The molecule has 0 bridgehead atoms. The summed E-state index contributed by atoms with van der Waals surface area (Å²) in [6, 6.07) is 9.78. The third-order valence-corrected chi connectivity index (χ3v) is 1.29. The molecule has 53 valence electrons. The molecule has 0 saturated heterocycles. The molecule has 0 spiro atoms. The van der Waals surface area contributed by atoms with Gasteiger partial charge in [-0.2, -0.15) is 0 Å². The zero-order valence-corrected chi connectivity index (χ0v) is 8.63. The van der Waals surface area contributed by atoms with Gasteiger partial charge in [0.05, 0.1) is 6.33 Å². The van der Waals surface area contributed by atoms with Crippen molar-refractivity contribution in [3.8, 4) is 0 Å². The molecule has 2 heteroatoms. The normalized spacial score (nSPS) is 9.55. The van der Waals surface area contributed by atoms with E-state index in [1.807, 2.05) is 30.3 Å². The van der Waals surface area contributed by atoms with Gasteiger partial charge in [0.2, 0.25) is 0 Å². The summed E-state index contributed by atoms with van der Waals surface area (Å²) in [5, 5.41) is 0. The first-order chi connectivity index (χ1) is 4.93. The Hall–Kier alpha value is -0.110. The van der Waals surface area contributed by atoms with Crippen LogP contribution < -0.4 is 0 Å². The second-order valence-electron chi connectivity index (χ2n) is 2.05. The molecule has 0 nitrogen and oxygen atoms in total. The van der Waals surface area contributed by atoms with Gasteiger partial charge in [0, 0.05) is 29.6 Å². The second kappa shape index (κ2) is 6.59. The van der Waals surface area contributed by atoms with Crippen molar-refractivity contribution >= 4 is 29.6 Å². The molecule has 1 radical (unpaired) electrons. The Labute approximate surface area is 88.4 Å². The number of rotatable bonds is 2. The average molecular weight is 159 g/mol. The minimum absolute atomic E-state index is 0. The Balaban J connectivity index is 0.000001000. The van der Waals surface area contributed by atoms with Gasteiger partial charge < -0.3 is 0 Å². The van der Waals surface area contributed by atoms with Gasteiger partial charge in [0.15, 0.2) is 0 Å². The number of halogens is 1. The van der Waals surface area contributed by atoms with Crippen molar-refractivity contribution < 1.29 is 4.39 Å². The zero-order valence-electron chi connectivity index (χ0n) is 6.63. The SMILES string of the molecule is FC=CCc1ccccc1.[Na]. The maximum atomic E-state index is 11.5. The van der Waals surface area contributed by atoms with Crippen LogP contribution in [-0.2, 0) is 6.42 Å². The Morgan fingerprint density at radius 1 is 1.18 bits per heavy atom. The van der Waals surface area contributed by atoms with Crippen LogP contribution in [0, 0.1) is 0 Å². The molecule has 0 aliphatic rings. The summed E-state index contributed by atoms with van der Waals surface area (Å²) in [6.07, 6.45) is 2.75. The van der Waals surface area contributed by atoms with Crippen LogP contribution in [0.15, 0.2) is 42.7 Å². The van der Waals surface area contributed by atoms with E-state index in [9.17, 15) is 4.39 Å². The molecule has 0 aromatic heterocycles. The molecule has 0 fully saturated rings. The summed E-state index contributed by atoms with van der Waals surface area (Å²) >= 11 is 0. The van der Waals surface area contributed by atoms with Crippen LogP contribution in [0.5, 0.6) is 0 Å². The van der Waals surface area contributed by atoms with E-state index < -0.39 is 0 Å². The number of benzene rings is 1. The molecule has 1 aromatic rings. The fourth-order valence-electron chi connectivity index (χ4n) is 0.795. The van der Waals surface area contributed by atoms with Crippen LogP contribution in [0.1, 0.15) is 5.56 Å². The summed E-state index contributed by atoms with van der Waals surface area (Å²) in [6.45, 7) is 0. The molecule has 0 atom stereocenters. The number of hydrogen-bond acceptors (Lipinski definition) is 0. The predicted molar refractivity (Wildman–Crippen MR) is 46.1 cm³/mol. The minimum Gasteiger partial charge on any atom is -0.216 e. The van der Waals surface area contributed by atoms with E-state index in [1.54, 1.807) is 0 Å². The fourth-order valence-corrected chi connectivity index (χ4v) is 0.795. The average Bonchev–Trinajstić information content (AvgIpc) is 2.03. The standard InChI is InChI=1S/C9H9F.Na/c10-8-4-7-9-5-2-1-3-6-9;/h1-6,8H,7H2;. The molecule has 11 heavy (non-hydrogen) atoms. The molecule has 0 amide bonds. The Morgan fingerprint density at radius 3 is 2.36 bits per heavy atom. The van der Waals surface area contributed by atoms with Gasteiger partial charge in [-0.25, -0.2) is 4.39 Å². The zero-order chi connectivity index (χ0) is 7.23. The Bertz CT molecular complexity index is 206. The van der Waals surface area contributed by atoms with Crippen molar-refractivity contribution in [2.24, 2.45) is 0 Å². The van der Waals surface area contributed by atoms with Gasteiger partial charge in [-0.3, -0.25) is 0 Å². The summed E-state index contributed by atoms with van der Waals surface area (Å²) in [4.78, 5) is 0. The topological polar surface area (TPSA) is 0 Å². The largest absolute Gasteiger partial charge is 0.216 e. The molecule has 0 aliphatic carbocycles.